The van der Waals surface area contributed by atoms with Crippen LogP contribution in [-0.4, -0.2) is 39.9 Å². The lowest BCUT2D eigenvalue weighted by atomic mass is 10.1. The number of aromatic nitrogens is 4. The molecule has 0 bridgehead atoms. The molecule has 35 heavy (non-hydrogen) atoms. The fourth-order valence-corrected chi connectivity index (χ4v) is 5.61. The first kappa shape index (κ1) is 22.7. The number of sulfone groups is 1. The van der Waals surface area contributed by atoms with Crippen molar-refractivity contribution >= 4 is 26.5 Å². The normalized spacial score (nSPS) is 11.8. The topological polar surface area (TPSA) is 111 Å². The van der Waals surface area contributed by atoms with Crippen LogP contribution in [0.5, 0.6) is 0 Å². The van der Waals surface area contributed by atoms with E-state index in [0.717, 1.165) is 0 Å². The fourth-order valence-electron chi connectivity index (χ4n) is 4.14. The maximum Gasteiger partial charge on any atom is 0.187 e. The van der Waals surface area contributed by atoms with Crippen LogP contribution in [0.15, 0.2) is 76.4 Å². The van der Waals surface area contributed by atoms with Gasteiger partial charge in [-0.3, -0.25) is 9.89 Å². The molecule has 10 heteroatoms. The van der Waals surface area contributed by atoms with Crippen LogP contribution in [0.3, 0.4) is 0 Å². The Morgan fingerprint density at radius 1 is 1.14 bits per heavy atom. The molecule has 8 nitrogen and oxygen atoms in total. The summed E-state index contributed by atoms with van der Waals surface area (Å²) < 4.78 is 48.4. The standard InChI is InChI=1S/C25H21FN4O4S/c1-16-11-18(29-34-16)12-19(31)15-35(32,33)24-14-30(23-8-3-2-6-21(23)24)13-17-5-4-7-20(25(17)26)22-9-10-27-28-22/h2-11,14H,12-13,15H2,1H3,(H,27,28). The highest BCUT2D eigenvalue weighted by Crippen LogP contribution is 2.29. The Morgan fingerprint density at radius 2 is 1.97 bits per heavy atom. The molecule has 0 fully saturated rings. The van der Waals surface area contributed by atoms with E-state index in [1.807, 2.05) is 0 Å². The number of rotatable bonds is 8. The van der Waals surface area contributed by atoms with Gasteiger partial charge in [-0.25, -0.2) is 12.8 Å². The average molecular weight is 493 g/mol. The van der Waals surface area contributed by atoms with Crippen LogP contribution in [0.4, 0.5) is 4.39 Å². The molecule has 5 rings (SSSR count). The summed E-state index contributed by atoms with van der Waals surface area (Å²) in [7, 11) is -3.96. The largest absolute Gasteiger partial charge is 0.361 e. The van der Waals surface area contributed by atoms with Gasteiger partial charge in [0.05, 0.1) is 29.2 Å². The third-order valence-corrected chi connectivity index (χ3v) is 7.40. The van der Waals surface area contributed by atoms with Gasteiger partial charge in [0, 0.05) is 40.5 Å². The lowest BCUT2D eigenvalue weighted by Crippen LogP contribution is -2.18. The van der Waals surface area contributed by atoms with E-state index < -0.39 is 27.2 Å². The minimum Gasteiger partial charge on any atom is -0.361 e. The minimum absolute atomic E-state index is 0.0305. The number of aromatic amines is 1. The van der Waals surface area contributed by atoms with E-state index in [1.165, 1.54) is 6.20 Å². The summed E-state index contributed by atoms with van der Waals surface area (Å²) in [6.45, 7) is 1.80. The number of halogens is 1. The molecular weight excluding hydrogens is 471 g/mol. The van der Waals surface area contributed by atoms with Crippen LogP contribution in [0.25, 0.3) is 22.2 Å². The van der Waals surface area contributed by atoms with E-state index in [9.17, 15) is 13.2 Å². The number of Topliss-reactive ketones (excluding diaryl/α,β-unsaturated/α-hetero) is 1. The van der Waals surface area contributed by atoms with Gasteiger partial charge in [-0.2, -0.15) is 5.10 Å². The second kappa shape index (κ2) is 8.95. The molecule has 0 saturated heterocycles. The van der Waals surface area contributed by atoms with Gasteiger partial charge in [0.15, 0.2) is 15.6 Å². The zero-order chi connectivity index (χ0) is 24.6. The summed E-state index contributed by atoms with van der Waals surface area (Å²) in [5, 5.41) is 10.9. The molecule has 3 aromatic heterocycles. The average Bonchev–Trinajstić information content (AvgIpc) is 3.56. The highest BCUT2D eigenvalue weighted by Gasteiger charge is 2.25. The predicted octanol–water partition coefficient (Wildman–Crippen LogP) is 4.10. The van der Waals surface area contributed by atoms with Gasteiger partial charge in [0.25, 0.3) is 0 Å². The number of hydrogen-bond acceptors (Lipinski definition) is 6. The first-order valence-corrected chi connectivity index (χ1v) is 12.5. The number of carbonyl (C=O) groups is 1. The molecule has 178 valence electrons. The summed E-state index contributed by atoms with van der Waals surface area (Å²) in [4.78, 5) is 12.5. The van der Waals surface area contributed by atoms with Crippen molar-refractivity contribution in [2.45, 2.75) is 24.8 Å². The van der Waals surface area contributed by atoms with Gasteiger partial charge in [0.1, 0.15) is 17.3 Å². The highest BCUT2D eigenvalue weighted by molar-refractivity contribution is 7.92. The van der Waals surface area contributed by atoms with Crippen molar-refractivity contribution in [2.75, 3.05) is 5.75 Å². The summed E-state index contributed by atoms with van der Waals surface area (Å²) >= 11 is 0. The Balaban J connectivity index is 1.47. The zero-order valence-corrected chi connectivity index (χ0v) is 19.5. The maximum absolute atomic E-state index is 15.3. The van der Waals surface area contributed by atoms with E-state index in [-0.39, 0.29) is 17.9 Å². The van der Waals surface area contributed by atoms with Gasteiger partial charge < -0.3 is 9.09 Å². The minimum atomic E-state index is -3.96. The van der Waals surface area contributed by atoms with Crippen LogP contribution < -0.4 is 0 Å². The molecule has 0 aliphatic heterocycles. The van der Waals surface area contributed by atoms with Gasteiger partial charge in [-0.05, 0) is 25.1 Å². The molecule has 5 aromatic rings. The first-order chi connectivity index (χ1) is 16.8. The van der Waals surface area contributed by atoms with Crippen LogP contribution >= 0.6 is 0 Å². The van der Waals surface area contributed by atoms with Crippen molar-refractivity contribution < 1.29 is 22.1 Å². The number of hydrogen-bond donors (Lipinski definition) is 1. The molecule has 0 atom stereocenters. The Kier molecular flexibility index (Phi) is 5.81. The van der Waals surface area contributed by atoms with Crippen molar-refractivity contribution in [3.63, 3.8) is 0 Å². The smallest absolute Gasteiger partial charge is 0.187 e. The van der Waals surface area contributed by atoms with Crippen LogP contribution in [0.1, 0.15) is 17.0 Å². The van der Waals surface area contributed by atoms with Crippen molar-refractivity contribution in [1.29, 1.82) is 0 Å². The van der Waals surface area contributed by atoms with Crippen LogP contribution in [-0.2, 0) is 27.6 Å². The predicted molar refractivity (Wildman–Crippen MR) is 127 cm³/mol. The summed E-state index contributed by atoms with van der Waals surface area (Å²) in [5.41, 5.74) is 2.32. The fraction of sp³-hybridized carbons (Fsp3) is 0.160. The molecule has 2 aromatic carbocycles. The SMILES string of the molecule is Cc1cc(CC(=O)CS(=O)(=O)c2cn(Cc3cccc(-c4ccn[nH]4)c3F)c3ccccc23)no1. The Hall–Kier alpha value is -4.05. The highest BCUT2D eigenvalue weighted by atomic mass is 32.2. The number of nitrogens with zero attached hydrogens (tertiary/aromatic N) is 3. The number of benzene rings is 2. The second-order valence-electron chi connectivity index (χ2n) is 8.29. The molecule has 0 unspecified atom stereocenters. The van der Waals surface area contributed by atoms with E-state index in [0.29, 0.717) is 39.2 Å². The first-order valence-electron chi connectivity index (χ1n) is 10.8. The molecule has 0 aliphatic rings. The van der Waals surface area contributed by atoms with E-state index >= 15 is 4.39 Å². The lowest BCUT2D eigenvalue weighted by Gasteiger charge is -2.09. The van der Waals surface area contributed by atoms with E-state index in [1.54, 1.807) is 72.3 Å². The number of para-hydroxylation sites is 1. The number of aryl methyl sites for hydroxylation is 1. The molecular formula is C25H21FN4O4S. The molecule has 1 N–H and O–H groups in total. The van der Waals surface area contributed by atoms with Crippen LogP contribution in [0, 0.1) is 12.7 Å². The van der Waals surface area contributed by atoms with Crippen LogP contribution in [0.2, 0.25) is 0 Å². The second-order valence-corrected chi connectivity index (χ2v) is 10.2. The third kappa shape index (κ3) is 4.52. The summed E-state index contributed by atoms with van der Waals surface area (Å²) in [6, 6.07) is 15.3. The molecule has 0 aliphatic carbocycles. The number of H-pyrrole nitrogens is 1. The quantitative estimate of drug-likeness (QED) is 0.349. The molecule has 3 heterocycles. The Bertz CT molecular complexity index is 1640. The van der Waals surface area contributed by atoms with Crippen molar-refractivity contribution in [3.8, 4) is 11.3 Å². The van der Waals surface area contributed by atoms with Crippen molar-refractivity contribution in [3.05, 3.63) is 89.8 Å². The van der Waals surface area contributed by atoms with E-state index in [4.69, 9.17) is 4.52 Å². The van der Waals surface area contributed by atoms with Gasteiger partial charge in [-0.15, -0.1) is 0 Å². The summed E-state index contributed by atoms with van der Waals surface area (Å²) in [5.74, 6) is -1.04. The zero-order valence-electron chi connectivity index (χ0n) is 18.7. The monoisotopic (exact) mass is 492 g/mol. The summed E-state index contributed by atoms with van der Waals surface area (Å²) in [6.07, 6.45) is 2.87. The van der Waals surface area contributed by atoms with E-state index in [2.05, 4.69) is 15.4 Å². The molecule has 0 amide bonds. The molecule has 0 spiro atoms. The van der Waals surface area contributed by atoms with Gasteiger partial charge in [-0.1, -0.05) is 35.5 Å². The lowest BCUT2D eigenvalue weighted by molar-refractivity contribution is -0.116. The Labute approximate surface area is 200 Å². The molecule has 0 saturated carbocycles. The van der Waals surface area contributed by atoms with Crippen molar-refractivity contribution in [1.82, 2.24) is 19.9 Å². The number of fused-ring (bicyclic) bond motifs is 1. The molecule has 0 radical (unpaired) electrons. The van der Waals surface area contributed by atoms with Crippen molar-refractivity contribution in [2.24, 2.45) is 0 Å². The number of nitrogens with one attached hydrogen (secondary N) is 1. The van der Waals surface area contributed by atoms with Gasteiger partial charge >= 0.3 is 0 Å². The Morgan fingerprint density at radius 3 is 2.71 bits per heavy atom. The number of carbonyl (C=O) groups excluding carboxylic acids is 1. The number of ketones is 1. The maximum atomic E-state index is 15.3. The third-order valence-electron chi connectivity index (χ3n) is 5.70. The van der Waals surface area contributed by atoms with Gasteiger partial charge in [0.2, 0.25) is 0 Å².